The first kappa shape index (κ1) is 21.3. The number of aliphatic hydroxyl groups excluding tert-OH is 2. The topological polar surface area (TPSA) is 93.1 Å². The van der Waals surface area contributed by atoms with Crippen LogP contribution in [0.15, 0.2) is 11.6 Å². The minimum Gasteiger partial charge on any atom is -0.459 e. The Bertz CT molecular complexity index is 687. The first-order valence-electron chi connectivity index (χ1n) is 10.4. The van der Waals surface area contributed by atoms with E-state index in [1.807, 2.05) is 13.8 Å². The first-order chi connectivity index (χ1) is 12.9. The summed E-state index contributed by atoms with van der Waals surface area (Å²) in [5, 5.41) is 22.0. The van der Waals surface area contributed by atoms with Crippen molar-refractivity contribution in [3.8, 4) is 0 Å². The van der Waals surface area contributed by atoms with Gasteiger partial charge in [-0.05, 0) is 56.3 Å². The van der Waals surface area contributed by atoms with Crippen LogP contribution in [0.2, 0.25) is 0 Å². The molecular weight excluding hydrogens is 360 g/mol. The Hall–Kier alpha value is -1.40. The number of hydrogen-bond acceptors (Lipinski definition) is 6. The summed E-state index contributed by atoms with van der Waals surface area (Å²) in [6.07, 6.45) is 3.64. The molecule has 0 bridgehead atoms. The Morgan fingerprint density at radius 2 is 2.07 bits per heavy atom. The number of esters is 2. The van der Waals surface area contributed by atoms with Gasteiger partial charge < -0.3 is 19.7 Å². The number of aliphatic hydroxyl groups is 2. The lowest BCUT2D eigenvalue weighted by atomic mass is 9.42. The van der Waals surface area contributed by atoms with Crippen LogP contribution in [0, 0.1) is 22.7 Å². The number of carbonyl (C=O) groups excluding carboxylic acids is 2. The van der Waals surface area contributed by atoms with Crippen LogP contribution in [0.3, 0.4) is 0 Å². The highest BCUT2D eigenvalue weighted by atomic mass is 16.6. The number of rotatable bonds is 4. The van der Waals surface area contributed by atoms with E-state index in [9.17, 15) is 19.8 Å². The van der Waals surface area contributed by atoms with Crippen LogP contribution in [0.4, 0.5) is 0 Å². The Labute approximate surface area is 167 Å². The van der Waals surface area contributed by atoms with Gasteiger partial charge in [0.05, 0.1) is 12.2 Å². The van der Waals surface area contributed by atoms with Crippen molar-refractivity contribution in [1.82, 2.24) is 0 Å². The molecule has 0 amide bonds. The summed E-state index contributed by atoms with van der Waals surface area (Å²) in [4.78, 5) is 23.3. The Morgan fingerprint density at radius 1 is 1.39 bits per heavy atom. The SMILES string of the molecule is CC(=O)O[C@]1(C)CCC[C@@H]2[C@@](C)(C[C@H](O)C3=CC(=O)OC3)[C@H](C)C[C@H](O)[C@]21C. The van der Waals surface area contributed by atoms with Gasteiger partial charge in [0, 0.05) is 24.0 Å². The van der Waals surface area contributed by atoms with Crippen LogP contribution in [0.1, 0.15) is 66.7 Å². The predicted octanol–water partition coefficient (Wildman–Crippen LogP) is 2.76. The lowest BCUT2D eigenvalue weighted by Gasteiger charge is -2.65. The average Bonchev–Trinajstić information content (AvgIpc) is 3.01. The van der Waals surface area contributed by atoms with Gasteiger partial charge in [-0.15, -0.1) is 0 Å². The summed E-state index contributed by atoms with van der Waals surface area (Å²) in [5.74, 6) is -0.487. The molecule has 6 heteroatoms. The van der Waals surface area contributed by atoms with Gasteiger partial charge in [0.15, 0.2) is 0 Å². The molecule has 0 aromatic carbocycles. The third kappa shape index (κ3) is 3.18. The van der Waals surface area contributed by atoms with Crippen molar-refractivity contribution in [1.29, 1.82) is 0 Å². The second-order valence-electron chi connectivity index (χ2n) is 9.76. The third-order valence-corrected chi connectivity index (χ3v) is 8.32. The molecule has 1 aliphatic heterocycles. The summed E-state index contributed by atoms with van der Waals surface area (Å²) >= 11 is 0. The van der Waals surface area contributed by atoms with Gasteiger partial charge in [0.25, 0.3) is 0 Å². The molecule has 0 radical (unpaired) electrons. The van der Waals surface area contributed by atoms with Crippen molar-refractivity contribution in [3.05, 3.63) is 11.6 Å². The molecule has 0 aromatic rings. The molecule has 0 spiro atoms. The lowest BCUT2D eigenvalue weighted by molar-refractivity contribution is -0.252. The molecule has 2 aliphatic carbocycles. The molecule has 6 nitrogen and oxygen atoms in total. The van der Waals surface area contributed by atoms with Crippen LogP contribution >= 0.6 is 0 Å². The molecule has 0 saturated heterocycles. The van der Waals surface area contributed by atoms with Crippen molar-refractivity contribution in [2.24, 2.45) is 22.7 Å². The number of ether oxygens (including phenoxy) is 2. The number of hydrogen-bond donors (Lipinski definition) is 2. The van der Waals surface area contributed by atoms with Gasteiger partial charge in [0.2, 0.25) is 0 Å². The molecule has 28 heavy (non-hydrogen) atoms. The molecule has 7 atom stereocenters. The van der Waals surface area contributed by atoms with E-state index in [2.05, 4.69) is 13.8 Å². The molecule has 158 valence electrons. The van der Waals surface area contributed by atoms with Crippen molar-refractivity contribution in [2.45, 2.75) is 84.5 Å². The standard InChI is InChI=1S/C22H34O6/c1-13-9-18(25)22(5)17(7-6-8-21(22,4)28-14(2)23)20(13,3)11-16(24)15-10-19(26)27-12-15/h10,13,16-18,24-25H,6-9,11-12H2,1-5H3/t13-,16+,17-,18+,20+,21-,22+/m1/s1. The van der Waals surface area contributed by atoms with Gasteiger partial charge in [-0.2, -0.15) is 0 Å². The minimum atomic E-state index is -0.764. The maximum absolute atomic E-state index is 11.9. The van der Waals surface area contributed by atoms with Gasteiger partial charge in [0.1, 0.15) is 12.2 Å². The van der Waals surface area contributed by atoms with E-state index in [1.54, 1.807) is 0 Å². The van der Waals surface area contributed by atoms with E-state index in [4.69, 9.17) is 9.47 Å². The van der Waals surface area contributed by atoms with Gasteiger partial charge in [-0.3, -0.25) is 4.79 Å². The molecule has 0 aromatic heterocycles. The van der Waals surface area contributed by atoms with Gasteiger partial charge in [-0.1, -0.05) is 20.8 Å². The van der Waals surface area contributed by atoms with Crippen LogP contribution in [-0.4, -0.2) is 46.6 Å². The van der Waals surface area contributed by atoms with Crippen LogP contribution < -0.4 is 0 Å². The number of cyclic esters (lactones) is 1. The lowest BCUT2D eigenvalue weighted by Crippen LogP contribution is -2.67. The fourth-order valence-electron chi connectivity index (χ4n) is 6.32. The van der Waals surface area contributed by atoms with Crippen molar-refractivity contribution in [2.75, 3.05) is 6.61 Å². The van der Waals surface area contributed by atoms with Crippen molar-refractivity contribution in [3.63, 3.8) is 0 Å². The zero-order chi connectivity index (χ0) is 20.9. The maximum atomic E-state index is 11.9. The highest BCUT2D eigenvalue weighted by molar-refractivity contribution is 5.85. The molecule has 3 rings (SSSR count). The monoisotopic (exact) mass is 394 g/mol. The molecule has 2 fully saturated rings. The minimum absolute atomic E-state index is 0.0742. The van der Waals surface area contributed by atoms with E-state index in [0.717, 1.165) is 19.3 Å². The van der Waals surface area contributed by atoms with E-state index in [1.165, 1.54) is 13.0 Å². The summed E-state index contributed by atoms with van der Waals surface area (Å²) in [6.45, 7) is 9.85. The highest BCUT2D eigenvalue weighted by Gasteiger charge is 2.66. The molecule has 2 saturated carbocycles. The van der Waals surface area contributed by atoms with Crippen LogP contribution in [0.5, 0.6) is 0 Å². The first-order valence-corrected chi connectivity index (χ1v) is 10.4. The Kier molecular flexibility index (Phi) is 5.43. The van der Waals surface area contributed by atoms with Crippen molar-refractivity contribution >= 4 is 11.9 Å². The summed E-state index contributed by atoms with van der Waals surface area (Å²) in [7, 11) is 0. The van der Waals surface area contributed by atoms with E-state index < -0.39 is 29.2 Å². The maximum Gasteiger partial charge on any atom is 0.331 e. The normalized spacial score (nSPS) is 44.3. The molecule has 0 unspecified atom stereocenters. The molecule has 3 aliphatic rings. The highest BCUT2D eigenvalue weighted by Crippen LogP contribution is 2.65. The van der Waals surface area contributed by atoms with Crippen LogP contribution in [0.25, 0.3) is 0 Å². The average molecular weight is 395 g/mol. The van der Waals surface area contributed by atoms with Crippen LogP contribution in [-0.2, 0) is 19.1 Å². The smallest absolute Gasteiger partial charge is 0.331 e. The van der Waals surface area contributed by atoms with Gasteiger partial charge in [-0.25, -0.2) is 4.79 Å². The quantitative estimate of drug-likeness (QED) is 0.712. The summed E-state index contributed by atoms with van der Waals surface area (Å²) in [6, 6.07) is 0. The second kappa shape index (κ2) is 7.13. The number of fused-ring (bicyclic) bond motifs is 1. The van der Waals surface area contributed by atoms with E-state index >= 15 is 0 Å². The fraction of sp³-hybridized carbons (Fsp3) is 0.818. The summed E-state index contributed by atoms with van der Waals surface area (Å²) in [5.41, 5.74) is -1.01. The zero-order valence-electron chi connectivity index (χ0n) is 17.7. The molecule has 2 N–H and O–H groups in total. The largest absolute Gasteiger partial charge is 0.459 e. The number of carbonyl (C=O) groups is 2. The van der Waals surface area contributed by atoms with E-state index in [-0.39, 0.29) is 29.8 Å². The van der Waals surface area contributed by atoms with Gasteiger partial charge >= 0.3 is 11.9 Å². The third-order valence-electron chi connectivity index (χ3n) is 8.32. The fourth-order valence-corrected chi connectivity index (χ4v) is 6.32. The predicted molar refractivity (Wildman–Crippen MR) is 103 cm³/mol. The summed E-state index contributed by atoms with van der Waals surface area (Å²) < 4.78 is 10.8. The molecular formula is C22H34O6. The Morgan fingerprint density at radius 3 is 2.64 bits per heavy atom. The molecule has 1 heterocycles. The van der Waals surface area contributed by atoms with E-state index in [0.29, 0.717) is 18.4 Å². The second-order valence-corrected chi connectivity index (χ2v) is 9.76. The zero-order valence-corrected chi connectivity index (χ0v) is 17.7. The van der Waals surface area contributed by atoms with Crippen molar-refractivity contribution < 1.29 is 29.3 Å². The Balaban J connectivity index is 1.96.